The van der Waals surface area contributed by atoms with E-state index in [0.717, 1.165) is 41.0 Å². The minimum Gasteiger partial charge on any atom is -0.355 e. The van der Waals surface area contributed by atoms with Crippen LogP contribution in [0, 0.1) is 13.8 Å². The smallest absolute Gasteiger partial charge is 0.250 e. The van der Waals surface area contributed by atoms with Crippen molar-refractivity contribution in [3.8, 4) is 10.6 Å². The number of sulfonamides is 1. The molecule has 0 bridgehead atoms. The number of fused-ring (bicyclic) bond motifs is 1. The topological polar surface area (TPSA) is 72.2 Å². The highest BCUT2D eigenvalue weighted by Gasteiger charge is 2.27. The molecule has 1 aliphatic carbocycles. The second-order valence-corrected chi connectivity index (χ2v) is 9.63. The SMILES string of the molecule is Cc1noc(-c2ccc(S(=O)(=O)NC3CCCc4ccccc43)s2)c1C. The lowest BCUT2D eigenvalue weighted by Crippen LogP contribution is -2.30. The molecule has 0 fully saturated rings. The van der Waals surface area contributed by atoms with Gasteiger partial charge in [-0.1, -0.05) is 29.4 Å². The van der Waals surface area contributed by atoms with Crippen LogP contribution in [0.5, 0.6) is 0 Å². The molecule has 26 heavy (non-hydrogen) atoms. The fraction of sp³-hybridized carbons (Fsp3) is 0.316. The quantitative estimate of drug-likeness (QED) is 0.720. The van der Waals surface area contributed by atoms with Gasteiger partial charge in [0, 0.05) is 11.6 Å². The Hall–Kier alpha value is -1.96. The van der Waals surface area contributed by atoms with Gasteiger partial charge in [-0.15, -0.1) is 11.3 Å². The molecule has 5 nitrogen and oxygen atoms in total. The van der Waals surface area contributed by atoms with Gasteiger partial charge in [-0.2, -0.15) is 0 Å². The molecule has 1 N–H and O–H groups in total. The Morgan fingerprint density at radius 1 is 1.19 bits per heavy atom. The lowest BCUT2D eigenvalue weighted by molar-refractivity contribution is 0.427. The Morgan fingerprint density at radius 2 is 2.00 bits per heavy atom. The zero-order valence-corrected chi connectivity index (χ0v) is 16.3. The molecule has 0 radical (unpaired) electrons. The normalized spacial score (nSPS) is 17.2. The molecule has 1 aliphatic rings. The van der Waals surface area contributed by atoms with Crippen molar-refractivity contribution in [1.82, 2.24) is 9.88 Å². The lowest BCUT2D eigenvalue weighted by Gasteiger charge is -2.25. The number of nitrogens with zero attached hydrogens (tertiary/aromatic N) is 1. The molecule has 1 aromatic carbocycles. The molecule has 4 rings (SSSR count). The van der Waals surface area contributed by atoms with Crippen LogP contribution in [0.15, 0.2) is 45.1 Å². The molecular formula is C19H20N2O3S2. The number of nitrogens with one attached hydrogen (secondary N) is 1. The molecule has 136 valence electrons. The van der Waals surface area contributed by atoms with E-state index in [-0.39, 0.29) is 6.04 Å². The van der Waals surface area contributed by atoms with Crippen molar-refractivity contribution >= 4 is 21.4 Å². The molecule has 1 atom stereocenters. The van der Waals surface area contributed by atoms with E-state index in [1.165, 1.54) is 16.9 Å². The monoisotopic (exact) mass is 388 g/mol. The summed E-state index contributed by atoms with van der Waals surface area (Å²) in [4.78, 5) is 0.771. The van der Waals surface area contributed by atoms with E-state index >= 15 is 0 Å². The van der Waals surface area contributed by atoms with Crippen molar-refractivity contribution in [3.63, 3.8) is 0 Å². The average molecular weight is 389 g/mol. The summed E-state index contributed by atoms with van der Waals surface area (Å²) >= 11 is 1.21. The first-order chi connectivity index (χ1) is 12.5. The summed E-state index contributed by atoms with van der Waals surface area (Å²) in [5, 5.41) is 3.95. The van der Waals surface area contributed by atoms with Gasteiger partial charge in [-0.25, -0.2) is 13.1 Å². The Balaban J connectivity index is 1.62. The number of benzene rings is 1. The fourth-order valence-electron chi connectivity index (χ4n) is 3.35. The van der Waals surface area contributed by atoms with Crippen LogP contribution in [0.25, 0.3) is 10.6 Å². The molecule has 0 saturated carbocycles. The molecule has 7 heteroatoms. The highest BCUT2D eigenvalue weighted by atomic mass is 32.2. The first-order valence-electron chi connectivity index (χ1n) is 8.59. The van der Waals surface area contributed by atoms with Crippen LogP contribution < -0.4 is 4.72 Å². The Kier molecular flexibility index (Phi) is 4.46. The van der Waals surface area contributed by atoms with E-state index in [1.54, 1.807) is 12.1 Å². The van der Waals surface area contributed by atoms with Crippen molar-refractivity contribution in [3.05, 3.63) is 58.8 Å². The first kappa shape index (κ1) is 17.5. The van der Waals surface area contributed by atoms with Gasteiger partial charge in [0.1, 0.15) is 4.21 Å². The number of aromatic nitrogens is 1. The van der Waals surface area contributed by atoms with Crippen LogP contribution in [-0.4, -0.2) is 13.6 Å². The standard InChI is InChI=1S/C19H20N2O3S2/c1-12-13(2)20-24-19(12)17-10-11-18(25-17)26(22,23)21-16-9-5-7-14-6-3-4-8-15(14)16/h3-4,6,8,10-11,16,21H,5,7,9H2,1-2H3. The van der Waals surface area contributed by atoms with Crippen LogP contribution in [0.4, 0.5) is 0 Å². The van der Waals surface area contributed by atoms with Gasteiger partial charge >= 0.3 is 0 Å². The van der Waals surface area contributed by atoms with Gasteiger partial charge in [0.15, 0.2) is 5.76 Å². The largest absolute Gasteiger partial charge is 0.355 e. The summed E-state index contributed by atoms with van der Waals surface area (Å²) in [6.45, 7) is 3.79. The minimum absolute atomic E-state index is 0.176. The van der Waals surface area contributed by atoms with Crippen LogP contribution >= 0.6 is 11.3 Å². The summed E-state index contributed by atoms with van der Waals surface area (Å²) in [6, 6.07) is 11.3. The number of hydrogen-bond acceptors (Lipinski definition) is 5. The second-order valence-electron chi connectivity index (χ2n) is 6.61. The maximum atomic E-state index is 12.9. The van der Waals surface area contributed by atoms with Gasteiger partial charge in [0.2, 0.25) is 0 Å². The van der Waals surface area contributed by atoms with E-state index < -0.39 is 10.0 Å². The summed E-state index contributed by atoms with van der Waals surface area (Å²) in [6.07, 6.45) is 2.80. The van der Waals surface area contributed by atoms with Gasteiger partial charge < -0.3 is 4.52 Å². The molecule has 0 saturated heterocycles. The predicted molar refractivity (Wildman–Crippen MR) is 102 cm³/mol. The van der Waals surface area contributed by atoms with Gasteiger partial charge in [0.25, 0.3) is 10.0 Å². The van der Waals surface area contributed by atoms with Crippen molar-refractivity contribution in [2.75, 3.05) is 0 Å². The number of thiophene rings is 1. The summed E-state index contributed by atoms with van der Waals surface area (Å²) in [7, 11) is -3.59. The Bertz CT molecular complexity index is 1050. The van der Waals surface area contributed by atoms with E-state index in [2.05, 4.69) is 15.9 Å². The number of hydrogen-bond donors (Lipinski definition) is 1. The maximum Gasteiger partial charge on any atom is 0.250 e. The van der Waals surface area contributed by atoms with Crippen LogP contribution in [0.1, 0.15) is 41.3 Å². The molecule has 2 aromatic heterocycles. The van der Waals surface area contributed by atoms with Gasteiger partial charge in [0.05, 0.1) is 10.6 Å². The number of aryl methyl sites for hydroxylation is 2. The fourth-order valence-corrected chi connectivity index (χ4v) is 5.96. The van der Waals surface area contributed by atoms with Crippen LogP contribution in [0.2, 0.25) is 0 Å². The van der Waals surface area contributed by atoms with E-state index in [9.17, 15) is 8.42 Å². The van der Waals surface area contributed by atoms with Crippen LogP contribution in [-0.2, 0) is 16.4 Å². The van der Waals surface area contributed by atoms with E-state index in [1.807, 2.05) is 32.0 Å². The lowest BCUT2D eigenvalue weighted by atomic mass is 9.88. The molecule has 3 aromatic rings. The zero-order valence-electron chi connectivity index (χ0n) is 14.7. The third-order valence-electron chi connectivity index (χ3n) is 4.89. The summed E-state index contributed by atoms with van der Waals surface area (Å²) in [5.41, 5.74) is 4.06. The molecule has 2 heterocycles. The third kappa shape index (κ3) is 3.11. The molecular weight excluding hydrogens is 368 g/mol. The second kappa shape index (κ2) is 6.64. The van der Waals surface area contributed by atoms with E-state index in [0.29, 0.717) is 9.97 Å². The molecule has 0 spiro atoms. The molecule has 1 unspecified atom stereocenters. The Morgan fingerprint density at radius 3 is 2.77 bits per heavy atom. The average Bonchev–Trinajstić information content (AvgIpc) is 3.23. The highest BCUT2D eigenvalue weighted by Crippen LogP contribution is 2.35. The van der Waals surface area contributed by atoms with Gasteiger partial charge in [-0.3, -0.25) is 0 Å². The van der Waals surface area contributed by atoms with Gasteiger partial charge in [-0.05, 0) is 56.4 Å². The van der Waals surface area contributed by atoms with Crippen LogP contribution in [0.3, 0.4) is 0 Å². The number of rotatable bonds is 4. The van der Waals surface area contributed by atoms with Crippen molar-refractivity contribution in [2.45, 2.75) is 43.4 Å². The van der Waals surface area contributed by atoms with Crippen molar-refractivity contribution in [1.29, 1.82) is 0 Å². The minimum atomic E-state index is -3.59. The molecule has 0 aliphatic heterocycles. The predicted octanol–water partition coefficient (Wildman–Crippen LogP) is 4.38. The van der Waals surface area contributed by atoms with Crippen molar-refractivity contribution in [2.24, 2.45) is 0 Å². The zero-order chi connectivity index (χ0) is 18.3. The first-order valence-corrected chi connectivity index (χ1v) is 10.9. The Labute approximate surface area is 157 Å². The summed E-state index contributed by atoms with van der Waals surface area (Å²) < 4.78 is 34.3. The highest BCUT2D eigenvalue weighted by molar-refractivity contribution is 7.91. The molecule has 0 amide bonds. The third-order valence-corrected chi connectivity index (χ3v) is 7.94. The summed E-state index contributed by atoms with van der Waals surface area (Å²) in [5.74, 6) is 0.636. The van der Waals surface area contributed by atoms with E-state index in [4.69, 9.17) is 4.52 Å². The maximum absolute atomic E-state index is 12.9. The van der Waals surface area contributed by atoms with Crippen molar-refractivity contribution < 1.29 is 12.9 Å².